The van der Waals surface area contributed by atoms with E-state index in [-0.39, 0.29) is 0 Å². The molecule has 4 rings (SSSR count). The van der Waals surface area contributed by atoms with Gasteiger partial charge in [-0.3, -0.25) is 0 Å². The molecule has 3 aromatic rings. The molecule has 0 aliphatic heterocycles. The summed E-state index contributed by atoms with van der Waals surface area (Å²) in [6.45, 7) is 0. The molecule has 1 saturated carbocycles. The first-order valence-corrected chi connectivity index (χ1v) is 8.42. The van der Waals surface area contributed by atoms with Gasteiger partial charge in [0.15, 0.2) is 0 Å². The van der Waals surface area contributed by atoms with Crippen LogP contribution in [0.2, 0.25) is 0 Å². The summed E-state index contributed by atoms with van der Waals surface area (Å²) in [6, 6.07) is 15.3. The molecule has 1 aliphatic rings. The Kier molecular flexibility index (Phi) is 3.27. The number of alkyl halides is 1. The first-order chi connectivity index (χ1) is 10.3. The standard InChI is InChI=1S/C17H14BrClN2/c18-13-4-7-16-15(9-13)20-17(21(16)14-5-6-14)12-3-1-2-11(8-12)10-19/h1-4,7-9,14H,5-6,10H2. The number of halogens is 2. The zero-order chi connectivity index (χ0) is 14.4. The molecule has 1 fully saturated rings. The van der Waals surface area contributed by atoms with Crippen LogP contribution < -0.4 is 0 Å². The molecule has 1 heterocycles. The van der Waals surface area contributed by atoms with Gasteiger partial charge < -0.3 is 4.57 Å². The summed E-state index contributed by atoms with van der Waals surface area (Å²) in [4.78, 5) is 4.87. The Morgan fingerprint density at radius 1 is 1.19 bits per heavy atom. The van der Waals surface area contributed by atoms with Crippen molar-refractivity contribution >= 4 is 38.6 Å². The highest BCUT2D eigenvalue weighted by atomic mass is 79.9. The Morgan fingerprint density at radius 3 is 2.81 bits per heavy atom. The molecule has 0 bridgehead atoms. The van der Waals surface area contributed by atoms with E-state index >= 15 is 0 Å². The lowest BCUT2D eigenvalue weighted by atomic mass is 10.1. The lowest BCUT2D eigenvalue weighted by Gasteiger charge is -2.08. The first kappa shape index (κ1) is 13.4. The molecule has 2 nitrogen and oxygen atoms in total. The van der Waals surface area contributed by atoms with Gasteiger partial charge in [0.1, 0.15) is 5.82 Å². The van der Waals surface area contributed by atoms with Gasteiger partial charge >= 0.3 is 0 Å². The van der Waals surface area contributed by atoms with Crippen LogP contribution in [0.1, 0.15) is 24.4 Å². The second kappa shape index (κ2) is 5.15. The van der Waals surface area contributed by atoms with E-state index in [1.807, 2.05) is 0 Å². The summed E-state index contributed by atoms with van der Waals surface area (Å²) in [5, 5.41) is 0. The third-order valence-corrected chi connectivity index (χ3v) is 4.70. The van der Waals surface area contributed by atoms with Gasteiger partial charge in [-0.25, -0.2) is 4.98 Å². The molecule has 21 heavy (non-hydrogen) atoms. The van der Waals surface area contributed by atoms with E-state index in [0.29, 0.717) is 11.9 Å². The van der Waals surface area contributed by atoms with E-state index in [1.165, 1.54) is 18.4 Å². The van der Waals surface area contributed by atoms with Gasteiger partial charge in [0, 0.05) is 22.0 Å². The SMILES string of the molecule is ClCc1cccc(-c2nc3cc(Br)ccc3n2C2CC2)c1. The van der Waals surface area contributed by atoms with Crippen LogP contribution in [0.3, 0.4) is 0 Å². The van der Waals surface area contributed by atoms with Gasteiger partial charge in [-0.05, 0) is 42.7 Å². The maximum atomic E-state index is 5.97. The van der Waals surface area contributed by atoms with E-state index in [0.717, 1.165) is 26.9 Å². The van der Waals surface area contributed by atoms with E-state index < -0.39 is 0 Å². The summed E-state index contributed by atoms with van der Waals surface area (Å²) in [6.07, 6.45) is 2.48. The summed E-state index contributed by atoms with van der Waals surface area (Å²) in [5.41, 5.74) is 4.53. The molecule has 4 heteroatoms. The van der Waals surface area contributed by atoms with Crippen LogP contribution in [0.15, 0.2) is 46.9 Å². The Hall–Kier alpha value is -1.32. The van der Waals surface area contributed by atoms with Crippen molar-refractivity contribution in [3.8, 4) is 11.4 Å². The van der Waals surface area contributed by atoms with Crippen molar-refractivity contribution in [2.75, 3.05) is 0 Å². The highest BCUT2D eigenvalue weighted by Crippen LogP contribution is 2.41. The van der Waals surface area contributed by atoms with Gasteiger partial charge in [0.05, 0.1) is 11.0 Å². The molecule has 2 aromatic carbocycles. The van der Waals surface area contributed by atoms with Crippen LogP contribution in [-0.4, -0.2) is 9.55 Å². The number of aromatic nitrogens is 2. The molecular weight excluding hydrogens is 348 g/mol. The second-order valence-electron chi connectivity index (χ2n) is 5.50. The second-order valence-corrected chi connectivity index (χ2v) is 6.69. The molecular formula is C17H14BrClN2. The van der Waals surface area contributed by atoms with Crippen LogP contribution in [0.5, 0.6) is 0 Å². The van der Waals surface area contributed by atoms with Gasteiger partial charge in [0.25, 0.3) is 0 Å². The van der Waals surface area contributed by atoms with Gasteiger partial charge in [-0.15, -0.1) is 11.6 Å². The van der Waals surface area contributed by atoms with Crippen LogP contribution in [0.25, 0.3) is 22.4 Å². The van der Waals surface area contributed by atoms with Crippen LogP contribution in [0, 0.1) is 0 Å². The van der Waals surface area contributed by atoms with Crippen molar-refractivity contribution < 1.29 is 0 Å². The van der Waals surface area contributed by atoms with E-state index in [2.05, 4.69) is 63.0 Å². The number of hydrogen-bond donors (Lipinski definition) is 0. The molecule has 1 aliphatic carbocycles. The van der Waals surface area contributed by atoms with Crippen molar-refractivity contribution in [1.29, 1.82) is 0 Å². The number of benzene rings is 2. The quantitative estimate of drug-likeness (QED) is 0.560. The molecule has 0 saturated heterocycles. The Labute approximate surface area is 136 Å². The van der Waals surface area contributed by atoms with E-state index in [4.69, 9.17) is 16.6 Å². The topological polar surface area (TPSA) is 17.8 Å². The molecule has 0 radical (unpaired) electrons. The number of imidazole rings is 1. The largest absolute Gasteiger partial charge is 0.321 e. The molecule has 0 amide bonds. The highest BCUT2D eigenvalue weighted by molar-refractivity contribution is 9.10. The Bertz CT molecular complexity index is 821. The zero-order valence-electron chi connectivity index (χ0n) is 11.4. The maximum Gasteiger partial charge on any atom is 0.141 e. The van der Waals surface area contributed by atoms with Crippen LogP contribution in [0.4, 0.5) is 0 Å². The van der Waals surface area contributed by atoms with E-state index in [9.17, 15) is 0 Å². The fourth-order valence-corrected chi connectivity index (χ4v) is 3.29. The lowest BCUT2D eigenvalue weighted by Crippen LogP contribution is -1.97. The average Bonchev–Trinajstić information content (AvgIpc) is 3.27. The highest BCUT2D eigenvalue weighted by Gasteiger charge is 2.28. The maximum absolute atomic E-state index is 5.97. The molecule has 1 aromatic heterocycles. The van der Waals surface area contributed by atoms with Crippen molar-refractivity contribution in [1.82, 2.24) is 9.55 Å². The van der Waals surface area contributed by atoms with Crippen molar-refractivity contribution in [3.05, 3.63) is 52.5 Å². The Balaban J connectivity index is 1.96. The van der Waals surface area contributed by atoms with Crippen LogP contribution >= 0.6 is 27.5 Å². The lowest BCUT2D eigenvalue weighted by molar-refractivity contribution is 0.775. The van der Waals surface area contributed by atoms with Gasteiger partial charge in [0.2, 0.25) is 0 Å². The van der Waals surface area contributed by atoms with Crippen LogP contribution in [-0.2, 0) is 5.88 Å². The minimum absolute atomic E-state index is 0.531. The van der Waals surface area contributed by atoms with Crippen molar-refractivity contribution in [2.24, 2.45) is 0 Å². The summed E-state index contributed by atoms with van der Waals surface area (Å²) in [5.74, 6) is 1.58. The number of rotatable bonds is 3. The number of nitrogens with zero attached hydrogens (tertiary/aromatic N) is 2. The minimum Gasteiger partial charge on any atom is -0.321 e. The monoisotopic (exact) mass is 360 g/mol. The fraction of sp³-hybridized carbons (Fsp3) is 0.235. The fourth-order valence-electron chi connectivity index (χ4n) is 2.77. The number of hydrogen-bond acceptors (Lipinski definition) is 1. The Morgan fingerprint density at radius 2 is 2.05 bits per heavy atom. The average molecular weight is 362 g/mol. The molecule has 0 spiro atoms. The summed E-state index contributed by atoms with van der Waals surface area (Å²) in [7, 11) is 0. The molecule has 0 atom stereocenters. The number of fused-ring (bicyclic) bond motifs is 1. The minimum atomic E-state index is 0.531. The first-order valence-electron chi connectivity index (χ1n) is 7.09. The third-order valence-electron chi connectivity index (χ3n) is 3.90. The predicted octanol–water partition coefficient (Wildman–Crippen LogP) is 5.54. The zero-order valence-corrected chi connectivity index (χ0v) is 13.7. The van der Waals surface area contributed by atoms with Crippen molar-refractivity contribution in [3.63, 3.8) is 0 Å². The van der Waals surface area contributed by atoms with E-state index in [1.54, 1.807) is 0 Å². The predicted molar refractivity (Wildman–Crippen MR) is 90.7 cm³/mol. The molecule has 106 valence electrons. The third kappa shape index (κ3) is 2.39. The van der Waals surface area contributed by atoms with Gasteiger partial charge in [-0.1, -0.05) is 34.1 Å². The molecule has 0 N–H and O–H groups in total. The normalized spacial score (nSPS) is 14.8. The smallest absolute Gasteiger partial charge is 0.141 e. The summed E-state index contributed by atoms with van der Waals surface area (Å²) < 4.78 is 3.45. The van der Waals surface area contributed by atoms with Crippen molar-refractivity contribution in [2.45, 2.75) is 24.8 Å². The van der Waals surface area contributed by atoms with Gasteiger partial charge in [-0.2, -0.15) is 0 Å². The summed E-state index contributed by atoms with van der Waals surface area (Å²) >= 11 is 9.50. The molecule has 0 unspecified atom stereocenters.